The van der Waals surface area contributed by atoms with Crippen molar-refractivity contribution in [2.45, 2.75) is 25.9 Å². The summed E-state index contributed by atoms with van der Waals surface area (Å²) in [7, 11) is -3.10. The third kappa shape index (κ3) is 3.67. The molecule has 0 unspecified atom stereocenters. The molecule has 0 bridgehead atoms. The van der Waals surface area contributed by atoms with Crippen molar-refractivity contribution in [2.24, 2.45) is 0 Å². The molecule has 1 aliphatic rings. The number of nitrogens with zero attached hydrogens (tertiary/aromatic N) is 1. The number of sulfone groups is 1. The van der Waals surface area contributed by atoms with E-state index in [9.17, 15) is 17.6 Å². The molecule has 3 rings (SSSR count). The van der Waals surface area contributed by atoms with E-state index in [0.717, 1.165) is 10.4 Å². The summed E-state index contributed by atoms with van der Waals surface area (Å²) in [6.45, 7) is 2.34. The van der Waals surface area contributed by atoms with E-state index in [1.165, 1.54) is 24.3 Å². The van der Waals surface area contributed by atoms with Crippen molar-refractivity contribution in [1.82, 2.24) is 4.90 Å². The molecule has 1 aromatic carbocycles. The van der Waals surface area contributed by atoms with Crippen LogP contribution in [0.3, 0.4) is 0 Å². The molecule has 0 saturated carbocycles. The molecule has 1 fully saturated rings. The number of amides is 1. The number of halogens is 1. The molecule has 24 heavy (non-hydrogen) atoms. The predicted octanol–water partition coefficient (Wildman–Crippen LogP) is 3.03. The lowest BCUT2D eigenvalue weighted by atomic mass is 10.1. The van der Waals surface area contributed by atoms with Gasteiger partial charge in [-0.2, -0.15) is 0 Å². The zero-order valence-corrected chi connectivity index (χ0v) is 14.9. The lowest BCUT2D eigenvalue weighted by Crippen LogP contribution is -2.40. The fraction of sp³-hybridized carbons (Fsp3) is 0.353. The van der Waals surface area contributed by atoms with Crippen LogP contribution in [0.25, 0.3) is 0 Å². The Morgan fingerprint density at radius 1 is 1.29 bits per heavy atom. The summed E-state index contributed by atoms with van der Waals surface area (Å²) in [6, 6.07) is 7.01. The predicted molar refractivity (Wildman–Crippen MR) is 92.4 cm³/mol. The Morgan fingerprint density at radius 2 is 2.00 bits per heavy atom. The molecule has 4 nitrogen and oxygen atoms in total. The maximum absolute atomic E-state index is 13.1. The number of aryl methyl sites for hydroxylation is 1. The Balaban J connectivity index is 1.90. The molecule has 1 atom stereocenters. The van der Waals surface area contributed by atoms with Crippen LogP contribution < -0.4 is 0 Å². The van der Waals surface area contributed by atoms with Gasteiger partial charge in [-0.3, -0.25) is 4.79 Å². The number of rotatable bonds is 4. The average Bonchev–Trinajstić information content (AvgIpc) is 3.10. The van der Waals surface area contributed by atoms with E-state index in [4.69, 9.17) is 0 Å². The molecule has 0 N–H and O–H groups in total. The molecule has 1 saturated heterocycles. The first kappa shape index (κ1) is 17.1. The Bertz CT molecular complexity index is 843. The first-order valence-corrected chi connectivity index (χ1v) is 10.4. The number of hydrogen-bond donors (Lipinski definition) is 0. The Morgan fingerprint density at radius 3 is 2.54 bits per heavy atom. The average molecular weight is 367 g/mol. The van der Waals surface area contributed by atoms with Crippen molar-refractivity contribution in [3.63, 3.8) is 0 Å². The highest BCUT2D eigenvalue weighted by Crippen LogP contribution is 2.25. The molecule has 1 aromatic heterocycles. The third-order valence-electron chi connectivity index (χ3n) is 4.28. The van der Waals surface area contributed by atoms with E-state index in [1.807, 2.05) is 18.4 Å². The molecule has 2 aromatic rings. The van der Waals surface area contributed by atoms with Gasteiger partial charge in [0.25, 0.3) is 5.91 Å². The van der Waals surface area contributed by atoms with Gasteiger partial charge in [-0.05, 0) is 54.6 Å². The molecule has 128 valence electrons. The van der Waals surface area contributed by atoms with Gasteiger partial charge in [-0.25, -0.2) is 12.8 Å². The van der Waals surface area contributed by atoms with E-state index in [0.29, 0.717) is 18.5 Å². The molecule has 0 aliphatic carbocycles. The number of carbonyl (C=O) groups is 1. The largest absolute Gasteiger partial charge is 0.329 e. The maximum Gasteiger partial charge on any atom is 0.254 e. The summed E-state index contributed by atoms with van der Waals surface area (Å²) >= 11 is 1.55. The highest BCUT2D eigenvalue weighted by molar-refractivity contribution is 7.91. The highest BCUT2D eigenvalue weighted by Gasteiger charge is 2.35. The molecule has 0 spiro atoms. The van der Waals surface area contributed by atoms with Gasteiger partial charge in [-0.1, -0.05) is 0 Å². The normalized spacial score (nSPS) is 19.3. The van der Waals surface area contributed by atoms with Crippen LogP contribution in [0.4, 0.5) is 4.39 Å². The first-order chi connectivity index (χ1) is 11.4. The van der Waals surface area contributed by atoms with Crippen molar-refractivity contribution in [3.8, 4) is 0 Å². The first-order valence-electron chi connectivity index (χ1n) is 7.66. The number of benzene rings is 1. The second kappa shape index (κ2) is 6.64. The van der Waals surface area contributed by atoms with Gasteiger partial charge >= 0.3 is 0 Å². The van der Waals surface area contributed by atoms with Crippen LogP contribution in [0.1, 0.15) is 27.2 Å². The smallest absolute Gasteiger partial charge is 0.254 e. The molecule has 1 amide bonds. The minimum Gasteiger partial charge on any atom is -0.329 e. The Hall–Kier alpha value is -1.73. The topological polar surface area (TPSA) is 54.5 Å². The summed E-state index contributed by atoms with van der Waals surface area (Å²) in [5, 5.41) is 1.95. The molecule has 0 radical (unpaired) electrons. The molecule has 2 heterocycles. The van der Waals surface area contributed by atoms with Crippen molar-refractivity contribution in [3.05, 3.63) is 57.5 Å². The summed E-state index contributed by atoms with van der Waals surface area (Å²) in [5.74, 6) is -0.570. The highest BCUT2D eigenvalue weighted by atomic mass is 32.2. The zero-order valence-electron chi connectivity index (χ0n) is 13.2. The fourth-order valence-electron chi connectivity index (χ4n) is 2.87. The number of thiophene rings is 1. The van der Waals surface area contributed by atoms with Crippen LogP contribution in [0.5, 0.6) is 0 Å². The SMILES string of the molecule is Cc1ccsc1CN(C(=O)c1ccc(F)cc1)[C@H]1CCS(=O)(=O)C1. The van der Waals surface area contributed by atoms with Crippen LogP contribution in [0.15, 0.2) is 35.7 Å². The van der Waals surface area contributed by atoms with E-state index in [2.05, 4.69) is 0 Å². The van der Waals surface area contributed by atoms with Crippen molar-refractivity contribution < 1.29 is 17.6 Å². The minimum atomic E-state index is -3.10. The van der Waals surface area contributed by atoms with Crippen molar-refractivity contribution >= 4 is 27.1 Å². The second-order valence-corrected chi connectivity index (χ2v) is 9.25. The third-order valence-corrected chi connectivity index (χ3v) is 7.04. The van der Waals surface area contributed by atoms with Gasteiger partial charge in [0.1, 0.15) is 5.82 Å². The van der Waals surface area contributed by atoms with E-state index >= 15 is 0 Å². The van der Waals surface area contributed by atoms with E-state index in [-0.39, 0.29) is 23.5 Å². The fourth-order valence-corrected chi connectivity index (χ4v) is 5.50. The summed E-state index contributed by atoms with van der Waals surface area (Å²) < 4.78 is 36.8. The zero-order chi connectivity index (χ0) is 17.3. The lowest BCUT2D eigenvalue weighted by molar-refractivity contribution is 0.0683. The van der Waals surface area contributed by atoms with E-state index < -0.39 is 15.7 Å². The van der Waals surface area contributed by atoms with Gasteiger partial charge in [0.05, 0.1) is 18.1 Å². The summed E-state index contributed by atoms with van der Waals surface area (Å²) in [6.07, 6.45) is 0.444. The van der Waals surface area contributed by atoms with Crippen LogP contribution in [0.2, 0.25) is 0 Å². The van der Waals surface area contributed by atoms with Crippen LogP contribution >= 0.6 is 11.3 Å². The van der Waals surface area contributed by atoms with Crippen LogP contribution in [-0.2, 0) is 16.4 Å². The van der Waals surface area contributed by atoms with Gasteiger partial charge in [0.2, 0.25) is 0 Å². The maximum atomic E-state index is 13.1. The van der Waals surface area contributed by atoms with Gasteiger partial charge in [0.15, 0.2) is 9.84 Å². The standard InChI is InChI=1S/C17H18FNO3S2/c1-12-6-8-23-16(12)10-19(15-7-9-24(21,22)11-15)17(20)13-2-4-14(18)5-3-13/h2-6,8,15H,7,9-11H2,1H3/t15-/m0/s1. The molecular formula is C17H18FNO3S2. The Kier molecular flexibility index (Phi) is 4.73. The summed E-state index contributed by atoms with van der Waals surface area (Å²) in [4.78, 5) is 15.6. The molecule has 1 aliphatic heterocycles. The van der Waals surface area contributed by atoms with Crippen molar-refractivity contribution in [2.75, 3.05) is 11.5 Å². The quantitative estimate of drug-likeness (QED) is 0.835. The van der Waals surface area contributed by atoms with Crippen LogP contribution in [0, 0.1) is 12.7 Å². The van der Waals surface area contributed by atoms with Crippen LogP contribution in [-0.4, -0.2) is 36.8 Å². The van der Waals surface area contributed by atoms with Crippen molar-refractivity contribution in [1.29, 1.82) is 0 Å². The van der Waals surface area contributed by atoms with E-state index in [1.54, 1.807) is 16.2 Å². The number of hydrogen-bond acceptors (Lipinski definition) is 4. The number of carbonyl (C=O) groups excluding carboxylic acids is 1. The van der Waals surface area contributed by atoms with Gasteiger partial charge < -0.3 is 4.90 Å². The minimum absolute atomic E-state index is 0.00957. The van der Waals surface area contributed by atoms with Gasteiger partial charge in [0, 0.05) is 16.5 Å². The Labute approximate surface area is 144 Å². The summed E-state index contributed by atoms with van der Waals surface area (Å²) in [5.41, 5.74) is 1.45. The molecular weight excluding hydrogens is 349 g/mol. The molecule has 7 heteroatoms. The monoisotopic (exact) mass is 367 g/mol. The lowest BCUT2D eigenvalue weighted by Gasteiger charge is -2.28. The van der Waals surface area contributed by atoms with Gasteiger partial charge in [-0.15, -0.1) is 11.3 Å². The second-order valence-electron chi connectivity index (χ2n) is 6.02.